The molecule has 1 aromatic heterocycles. The van der Waals surface area contributed by atoms with Crippen LogP contribution in [-0.4, -0.2) is 28.5 Å². The number of nitrogens with one attached hydrogen (secondary N) is 1. The molecule has 5 nitrogen and oxygen atoms in total. The summed E-state index contributed by atoms with van der Waals surface area (Å²) in [4.78, 5) is 0. The number of aromatic nitrogens is 2. The van der Waals surface area contributed by atoms with Gasteiger partial charge in [-0.15, -0.1) is 0 Å². The highest BCUT2D eigenvalue weighted by Gasteiger charge is 2.12. The Morgan fingerprint density at radius 3 is 2.65 bits per heavy atom. The summed E-state index contributed by atoms with van der Waals surface area (Å²) in [6, 6.07) is 7.30. The fourth-order valence-electron chi connectivity index (χ4n) is 2.25. The zero-order valence-electron chi connectivity index (χ0n) is 12.2. The smallest absolute Gasteiger partial charge is 0.216 e. The molecule has 108 valence electrons. The Bertz CT molecular complexity index is 561. The first-order valence-corrected chi connectivity index (χ1v) is 6.67. The van der Waals surface area contributed by atoms with Crippen molar-refractivity contribution in [3.8, 4) is 11.6 Å². The van der Waals surface area contributed by atoms with Crippen molar-refractivity contribution in [2.24, 2.45) is 7.05 Å². The number of phenolic OH excluding ortho intramolecular Hbond substituents is 1. The molecule has 2 aromatic rings. The number of aryl methyl sites for hydroxylation is 2. The lowest BCUT2D eigenvalue weighted by atomic mass is 10.1. The molecule has 0 amide bonds. The summed E-state index contributed by atoms with van der Waals surface area (Å²) in [6.07, 6.45) is 0.919. The van der Waals surface area contributed by atoms with Gasteiger partial charge in [-0.25, -0.2) is 4.68 Å². The van der Waals surface area contributed by atoms with Crippen molar-refractivity contribution in [2.75, 3.05) is 13.7 Å². The van der Waals surface area contributed by atoms with Gasteiger partial charge in [-0.2, -0.15) is 5.10 Å². The highest BCUT2D eigenvalue weighted by molar-refractivity contribution is 5.30. The molecule has 0 radical (unpaired) electrons. The third-order valence-electron chi connectivity index (χ3n) is 3.31. The SMILES string of the molecule is COc1c(CNCCc2ccc(O)cc2)c(C)nn1C. The van der Waals surface area contributed by atoms with Crippen molar-refractivity contribution in [1.82, 2.24) is 15.1 Å². The van der Waals surface area contributed by atoms with Crippen LogP contribution in [0.1, 0.15) is 16.8 Å². The Hall–Kier alpha value is -2.01. The number of nitrogens with zero attached hydrogens (tertiary/aromatic N) is 2. The predicted molar refractivity (Wildman–Crippen MR) is 78.0 cm³/mol. The highest BCUT2D eigenvalue weighted by atomic mass is 16.5. The van der Waals surface area contributed by atoms with E-state index < -0.39 is 0 Å². The summed E-state index contributed by atoms with van der Waals surface area (Å²) in [5, 5.41) is 17.0. The number of rotatable bonds is 6. The predicted octanol–water partition coefficient (Wildman–Crippen LogP) is 1.78. The number of aromatic hydroxyl groups is 1. The second kappa shape index (κ2) is 6.43. The Morgan fingerprint density at radius 2 is 2.00 bits per heavy atom. The lowest BCUT2D eigenvalue weighted by molar-refractivity contribution is 0.368. The van der Waals surface area contributed by atoms with Gasteiger partial charge < -0.3 is 15.2 Å². The molecular weight excluding hydrogens is 254 g/mol. The van der Waals surface area contributed by atoms with Crippen LogP contribution in [0.4, 0.5) is 0 Å². The van der Waals surface area contributed by atoms with E-state index in [4.69, 9.17) is 4.74 Å². The Morgan fingerprint density at radius 1 is 1.30 bits per heavy atom. The second-order valence-corrected chi connectivity index (χ2v) is 4.79. The lowest BCUT2D eigenvalue weighted by Crippen LogP contribution is -2.17. The molecule has 0 aliphatic rings. The van der Waals surface area contributed by atoms with Crippen molar-refractivity contribution < 1.29 is 9.84 Å². The van der Waals surface area contributed by atoms with E-state index >= 15 is 0 Å². The van der Waals surface area contributed by atoms with Gasteiger partial charge >= 0.3 is 0 Å². The summed E-state index contributed by atoms with van der Waals surface area (Å²) >= 11 is 0. The van der Waals surface area contributed by atoms with E-state index in [-0.39, 0.29) is 0 Å². The van der Waals surface area contributed by atoms with E-state index in [0.717, 1.165) is 36.6 Å². The molecule has 5 heteroatoms. The minimum absolute atomic E-state index is 0.303. The Labute approximate surface area is 119 Å². The number of hydrogen-bond acceptors (Lipinski definition) is 4. The van der Waals surface area contributed by atoms with Crippen LogP contribution in [0, 0.1) is 6.92 Å². The van der Waals surface area contributed by atoms with Crippen LogP contribution in [0.15, 0.2) is 24.3 Å². The standard InChI is InChI=1S/C15H21N3O2/c1-11-14(15(20-3)18(2)17-11)10-16-9-8-12-4-6-13(19)7-5-12/h4-7,16,19H,8-10H2,1-3H3. The molecule has 0 aliphatic carbocycles. The van der Waals surface area contributed by atoms with Crippen LogP contribution in [0.3, 0.4) is 0 Å². The van der Waals surface area contributed by atoms with Crippen LogP contribution in [0.5, 0.6) is 11.6 Å². The molecule has 1 heterocycles. The maximum Gasteiger partial charge on any atom is 0.216 e. The van der Waals surface area contributed by atoms with Crippen molar-refractivity contribution in [1.29, 1.82) is 0 Å². The van der Waals surface area contributed by atoms with Gasteiger partial charge in [0.25, 0.3) is 0 Å². The minimum atomic E-state index is 0.303. The van der Waals surface area contributed by atoms with Gasteiger partial charge in [0.05, 0.1) is 18.4 Å². The van der Waals surface area contributed by atoms with E-state index in [9.17, 15) is 5.11 Å². The van der Waals surface area contributed by atoms with Crippen LogP contribution >= 0.6 is 0 Å². The largest absolute Gasteiger partial charge is 0.508 e. The molecule has 0 aliphatic heterocycles. The molecule has 0 atom stereocenters. The van der Waals surface area contributed by atoms with E-state index in [1.807, 2.05) is 26.1 Å². The summed E-state index contributed by atoms with van der Waals surface area (Å²) in [5.74, 6) is 1.11. The average molecular weight is 275 g/mol. The van der Waals surface area contributed by atoms with Gasteiger partial charge in [0.1, 0.15) is 5.75 Å². The number of ether oxygens (including phenoxy) is 1. The molecule has 0 bridgehead atoms. The van der Waals surface area contributed by atoms with E-state index in [1.54, 1.807) is 23.9 Å². The van der Waals surface area contributed by atoms with Gasteiger partial charge in [-0.05, 0) is 37.6 Å². The Kier molecular flexibility index (Phi) is 4.63. The first-order chi connectivity index (χ1) is 9.61. The highest BCUT2D eigenvalue weighted by Crippen LogP contribution is 2.20. The van der Waals surface area contributed by atoms with E-state index in [1.165, 1.54) is 5.56 Å². The molecule has 2 rings (SSSR count). The maximum absolute atomic E-state index is 9.23. The third kappa shape index (κ3) is 3.30. The third-order valence-corrected chi connectivity index (χ3v) is 3.31. The minimum Gasteiger partial charge on any atom is -0.508 e. The number of benzene rings is 1. The second-order valence-electron chi connectivity index (χ2n) is 4.79. The molecule has 0 spiro atoms. The van der Waals surface area contributed by atoms with Gasteiger partial charge in [-0.3, -0.25) is 0 Å². The quantitative estimate of drug-likeness (QED) is 0.789. The molecule has 0 saturated carbocycles. The van der Waals surface area contributed by atoms with Crippen molar-refractivity contribution in [2.45, 2.75) is 19.9 Å². The molecular formula is C15H21N3O2. The molecule has 0 fully saturated rings. The first-order valence-electron chi connectivity index (χ1n) is 6.67. The zero-order chi connectivity index (χ0) is 14.5. The van der Waals surface area contributed by atoms with Crippen LogP contribution in [-0.2, 0) is 20.0 Å². The molecule has 0 saturated heterocycles. The maximum atomic E-state index is 9.23. The summed E-state index contributed by atoms with van der Waals surface area (Å²) < 4.78 is 7.11. The zero-order valence-corrected chi connectivity index (χ0v) is 12.2. The topological polar surface area (TPSA) is 59.3 Å². The normalized spacial score (nSPS) is 10.8. The lowest BCUT2D eigenvalue weighted by Gasteiger charge is -2.07. The number of phenols is 1. The van der Waals surface area contributed by atoms with Crippen LogP contribution in [0.2, 0.25) is 0 Å². The summed E-state index contributed by atoms with van der Waals surface area (Å²) in [7, 11) is 3.54. The van der Waals surface area contributed by atoms with Gasteiger partial charge in [0.15, 0.2) is 0 Å². The molecule has 0 unspecified atom stereocenters. The monoisotopic (exact) mass is 275 g/mol. The van der Waals surface area contributed by atoms with Gasteiger partial charge in [0, 0.05) is 13.6 Å². The van der Waals surface area contributed by atoms with Crippen molar-refractivity contribution in [3.05, 3.63) is 41.1 Å². The molecule has 1 aromatic carbocycles. The number of methoxy groups -OCH3 is 1. The van der Waals surface area contributed by atoms with Gasteiger partial charge in [-0.1, -0.05) is 12.1 Å². The van der Waals surface area contributed by atoms with Crippen LogP contribution in [0.25, 0.3) is 0 Å². The Balaban J connectivity index is 1.86. The van der Waals surface area contributed by atoms with E-state index in [0.29, 0.717) is 5.75 Å². The fraction of sp³-hybridized carbons (Fsp3) is 0.400. The summed E-state index contributed by atoms with van der Waals surface area (Å²) in [5.41, 5.74) is 3.28. The fourth-order valence-corrected chi connectivity index (χ4v) is 2.25. The molecule has 2 N–H and O–H groups in total. The van der Waals surface area contributed by atoms with Crippen molar-refractivity contribution in [3.63, 3.8) is 0 Å². The van der Waals surface area contributed by atoms with Crippen molar-refractivity contribution >= 4 is 0 Å². The van der Waals surface area contributed by atoms with Gasteiger partial charge in [0.2, 0.25) is 5.88 Å². The molecule has 20 heavy (non-hydrogen) atoms. The summed E-state index contributed by atoms with van der Waals surface area (Å²) in [6.45, 7) is 3.59. The van der Waals surface area contributed by atoms with Crippen LogP contribution < -0.4 is 10.1 Å². The van der Waals surface area contributed by atoms with E-state index in [2.05, 4.69) is 10.4 Å². The first kappa shape index (κ1) is 14.4. The average Bonchev–Trinajstić information content (AvgIpc) is 2.70. The number of hydrogen-bond donors (Lipinski definition) is 2.